The first-order chi connectivity index (χ1) is 6.97. The van der Waals surface area contributed by atoms with Crippen LogP contribution in [0.25, 0.3) is 0 Å². The fourth-order valence-electron chi connectivity index (χ4n) is 0.951. The Kier molecular flexibility index (Phi) is 3.64. The van der Waals surface area contributed by atoms with Crippen molar-refractivity contribution in [3.8, 4) is 0 Å². The number of hydrogen-bond donors (Lipinski definition) is 1. The van der Waals surface area contributed by atoms with Gasteiger partial charge in [0.15, 0.2) is 5.69 Å². The van der Waals surface area contributed by atoms with E-state index in [4.69, 9.17) is 5.11 Å². The minimum atomic E-state index is -3.03. The van der Waals surface area contributed by atoms with Crippen molar-refractivity contribution in [1.29, 1.82) is 0 Å². The van der Waals surface area contributed by atoms with Crippen molar-refractivity contribution >= 4 is 21.6 Å². The number of nitrogens with zero attached hydrogens (tertiary/aromatic N) is 2. The molecule has 0 radical (unpaired) electrons. The molecule has 0 atom stereocenters. The Morgan fingerprint density at radius 2 is 2.27 bits per heavy atom. The van der Waals surface area contributed by atoms with Gasteiger partial charge in [0.05, 0.1) is 11.5 Å². The van der Waals surface area contributed by atoms with Crippen molar-refractivity contribution in [3.05, 3.63) is 32.0 Å². The van der Waals surface area contributed by atoms with Crippen LogP contribution >= 0.6 is 15.9 Å². The Labute approximate surface area is 91.0 Å². The minimum absolute atomic E-state index is 0.0223. The minimum Gasteiger partial charge on any atom is -0.392 e. The predicted molar refractivity (Wildman–Crippen MR) is 49.5 cm³/mol. The number of hydrogen-bond acceptors (Lipinski definition) is 4. The average molecular weight is 283 g/mol. The summed E-state index contributed by atoms with van der Waals surface area (Å²) in [6.45, 7) is -0.516. The molecule has 1 aromatic rings. The van der Waals surface area contributed by atoms with E-state index in [1.807, 2.05) is 0 Å². The molecule has 82 valence electrons. The van der Waals surface area contributed by atoms with Crippen molar-refractivity contribution in [1.82, 2.24) is 4.98 Å². The summed E-state index contributed by atoms with van der Waals surface area (Å²) in [4.78, 5) is 12.8. The highest BCUT2D eigenvalue weighted by Crippen LogP contribution is 2.30. The highest BCUT2D eigenvalue weighted by molar-refractivity contribution is 9.10. The molecule has 1 rings (SSSR count). The summed E-state index contributed by atoms with van der Waals surface area (Å²) in [6.07, 6.45) is -3.03. The summed E-state index contributed by atoms with van der Waals surface area (Å²) in [5.74, 6) is 0. The van der Waals surface area contributed by atoms with Crippen LogP contribution in [0.3, 0.4) is 0 Å². The zero-order chi connectivity index (χ0) is 11.6. The lowest BCUT2D eigenvalue weighted by Crippen LogP contribution is -2.02. The zero-order valence-corrected chi connectivity index (χ0v) is 8.74. The standard InChI is InChI=1S/C7H5BrF2N2O3/c8-6-3(2-13)1-4(12(14)15)5(11-6)7(9)10/h1,7,13H,2H2. The SMILES string of the molecule is O=[N+]([O-])c1cc(CO)c(Br)nc1C(F)F. The van der Waals surface area contributed by atoms with E-state index < -0.39 is 29.3 Å². The van der Waals surface area contributed by atoms with Crippen molar-refractivity contribution in [3.63, 3.8) is 0 Å². The largest absolute Gasteiger partial charge is 0.392 e. The second-order valence-corrected chi connectivity index (χ2v) is 3.31. The molecule has 0 aliphatic heterocycles. The number of pyridine rings is 1. The van der Waals surface area contributed by atoms with Crippen LogP contribution in [0.5, 0.6) is 0 Å². The van der Waals surface area contributed by atoms with Crippen LogP contribution in [0, 0.1) is 10.1 Å². The maximum Gasteiger partial charge on any atom is 0.297 e. The highest BCUT2D eigenvalue weighted by Gasteiger charge is 2.25. The lowest BCUT2D eigenvalue weighted by molar-refractivity contribution is -0.386. The first-order valence-electron chi connectivity index (χ1n) is 3.70. The Morgan fingerprint density at radius 3 is 2.67 bits per heavy atom. The van der Waals surface area contributed by atoms with Gasteiger partial charge in [-0.3, -0.25) is 10.1 Å². The van der Waals surface area contributed by atoms with Crippen molar-refractivity contribution in [2.24, 2.45) is 0 Å². The van der Waals surface area contributed by atoms with Gasteiger partial charge >= 0.3 is 0 Å². The van der Waals surface area contributed by atoms with E-state index in [1.54, 1.807) is 0 Å². The molecule has 0 amide bonds. The van der Waals surface area contributed by atoms with Gasteiger partial charge in [0.2, 0.25) is 0 Å². The van der Waals surface area contributed by atoms with Crippen molar-refractivity contribution in [2.75, 3.05) is 0 Å². The van der Waals surface area contributed by atoms with E-state index in [2.05, 4.69) is 20.9 Å². The number of halogens is 3. The molecule has 15 heavy (non-hydrogen) atoms. The van der Waals surface area contributed by atoms with Gasteiger partial charge in [0, 0.05) is 11.6 Å². The second-order valence-electron chi connectivity index (χ2n) is 2.56. The topological polar surface area (TPSA) is 76.3 Å². The van der Waals surface area contributed by atoms with E-state index in [0.717, 1.165) is 6.07 Å². The molecule has 0 saturated heterocycles. The summed E-state index contributed by atoms with van der Waals surface area (Å²) in [5.41, 5.74) is -1.62. The molecule has 0 aromatic carbocycles. The summed E-state index contributed by atoms with van der Waals surface area (Å²) >= 11 is 2.83. The summed E-state index contributed by atoms with van der Waals surface area (Å²) in [7, 11) is 0. The van der Waals surface area contributed by atoms with E-state index in [0.29, 0.717) is 0 Å². The number of alkyl halides is 2. The van der Waals surface area contributed by atoms with Gasteiger partial charge in [-0.15, -0.1) is 0 Å². The number of aliphatic hydroxyl groups is 1. The Morgan fingerprint density at radius 1 is 1.67 bits per heavy atom. The molecule has 0 bridgehead atoms. The average Bonchev–Trinajstić information content (AvgIpc) is 2.16. The van der Waals surface area contributed by atoms with Gasteiger partial charge in [-0.1, -0.05) is 0 Å². The third-order valence-corrected chi connectivity index (χ3v) is 2.32. The van der Waals surface area contributed by atoms with E-state index >= 15 is 0 Å². The lowest BCUT2D eigenvalue weighted by Gasteiger charge is -2.04. The molecule has 1 N–H and O–H groups in total. The molecule has 0 spiro atoms. The fourth-order valence-corrected chi connectivity index (χ4v) is 1.38. The van der Waals surface area contributed by atoms with Crippen molar-refractivity contribution in [2.45, 2.75) is 13.0 Å². The first-order valence-corrected chi connectivity index (χ1v) is 4.49. The molecular formula is C7H5BrF2N2O3. The predicted octanol–water partition coefficient (Wildman–Crippen LogP) is 2.18. The van der Waals surface area contributed by atoms with Gasteiger partial charge < -0.3 is 5.11 Å². The third kappa shape index (κ3) is 2.45. The summed E-state index contributed by atoms with van der Waals surface area (Å²) in [5, 5.41) is 19.2. The van der Waals surface area contributed by atoms with Crippen LogP contribution < -0.4 is 0 Å². The number of rotatable bonds is 3. The van der Waals surface area contributed by atoms with Gasteiger partial charge in [-0.25, -0.2) is 13.8 Å². The third-order valence-electron chi connectivity index (χ3n) is 1.63. The molecule has 5 nitrogen and oxygen atoms in total. The van der Waals surface area contributed by atoms with E-state index in [-0.39, 0.29) is 10.2 Å². The maximum absolute atomic E-state index is 12.4. The van der Waals surface area contributed by atoms with Gasteiger partial charge in [-0.05, 0) is 15.9 Å². The molecule has 0 aliphatic rings. The number of aromatic nitrogens is 1. The van der Waals surface area contributed by atoms with Crippen LogP contribution in [0.15, 0.2) is 10.7 Å². The summed E-state index contributed by atoms with van der Waals surface area (Å²) in [6, 6.07) is 0.874. The Hall–Kier alpha value is -1.15. The lowest BCUT2D eigenvalue weighted by atomic mass is 10.2. The van der Waals surface area contributed by atoms with Gasteiger partial charge in [0.1, 0.15) is 4.60 Å². The molecular weight excluding hydrogens is 278 g/mol. The second kappa shape index (κ2) is 4.58. The van der Waals surface area contributed by atoms with Crippen LogP contribution in [0.2, 0.25) is 0 Å². The maximum atomic E-state index is 12.4. The van der Waals surface area contributed by atoms with Crippen LogP contribution in [0.4, 0.5) is 14.5 Å². The van der Waals surface area contributed by atoms with Gasteiger partial charge in [0.25, 0.3) is 12.1 Å². The normalized spacial score (nSPS) is 10.7. The smallest absolute Gasteiger partial charge is 0.297 e. The number of aliphatic hydroxyl groups excluding tert-OH is 1. The Balaban J connectivity index is 3.39. The van der Waals surface area contributed by atoms with E-state index in [9.17, 15) is 18.9 Å². The van der Waals surface area contributed by atoms with Crippen LogP contribution in [-0.2, 0) is 6.61 Å². The fraction of sp³-hybridized carbons (Fsp3) is 0.286. The molecule has 0 aliphatic carbocycles. The van der Waals surface area contributed by atoms with Crippen molar-refractivity contribution < 1.29 is 18.8 Å². The molecule has 0 fully saturated rings. The zero-order valence-electron chi connectivity index (χ0n) is 7.15. The quantitative estimate of drug-likeness (QED) is 0.524. The molecule has 8 heteroatoms. The molecule has 0 unspecified atom stereocenters. The first kappa shape index (κ1) is 11.9. The summed E-state index contributed by atoms with van der Waals surface area (Å²) < 4.78 is 24.7. The molecule has 1 heterocycles. The van der Waals surface area contributed by atoms with Gasteiger partial charge in [-0.2, -0.15) is 0 Å². The van der Waals surface area contributed by atoms with E-state index in [1.165, 1.54) is 0 Å². The highest BCUT2D eigenvalue weighted by atomic mass is 79.9. The Bertz CT molecular complexity index is 400. The number of nitro groups is 1. The molecule has 0 saturated carbocycles. The monoisotopic (exact) mass is 282 g/mol. The molecule has 1 aromatic heterocycles. The van der Waals surface area contributed by atoms with Crippen LogP contribution in [-0.4, -0.2) is 15.0 Å². The van der Waals surface area contributed by atoms with Crippen LogP contribution in [0.1, 0.15) is 17.7 Å².